The van der Waals surface area contributed by atoms with Gasteiger partial charge in [0.15, 0.2) is 5.82 Å². The van der Waals surface area contributed by atoms with Crippen LogP contribution in [0.3, 0.4) is 0 Å². The molecule has 3 aromatic carbocycles. The van der Waals surface area contributed by atoms with Gasteiger partial charge in [-0.25, -0.2) is 0 Å². The number of carbonyl (C=O) groups is 1. The molecule has 0 saturated heterocycles. The minimum Gasteiger partial charge on any atom is -0.361 e. The van der Waals surface area contributed by atoms with Gasteiger partial charge in [-0.15, -0.1) is 10.2 Å². The Kier molecular flexibility index (Phi) is 7.38. The van der Waals surface area contributed by atoms with Crippen molar-refractivity contribution >= 4 is 16.8 Å². The highest BCUT2D eigenvalue weighted by atomic mass is 16.2. The summed E-state index contributed by atoms with van der Waals surface area (Å²) in [5, 5.41) is 13.6. The largest absolute Gasteiger partial charge is 0.361 e. The van der Waals surface area contributed by atoms with E-state index in [-0.39, 0.29) is 5.91 Å². The van der Waals surface area contributed by atoms with E-state index in [0.717, 1.165) is 46.5 Å². The van der Waals surface area contributed by atoms with Gasteiger partial charge in [-0.3, -0.25) is 4.79 Å². The lowest BCUT2D eigenvalue weighted by atomic mass is 10.0. The van der Waals surface area contributed by atoms with E-state index in [1.165, 1.54) is 5.56 Å². The number of aromatic nitrogens is 4. The molecule has 7 heteroatoms. The molecule has 0 aliphatic carbocycles. The molecule has 7 nitrogen and oxygen atoms in total. The van der Waals surface area contributed by atoms with Crippen molar-refractivity contribution in [1.82, 2.24) is 25.1 Å². The Morgan fingerprint density at radius 3 is 2.29 bits per heavy atom. The number of para-hydroxylation sites is 1. The number of fused-ring (bicyclic) bond motifs is 1. The molecular formula is C31H34N6O. The molecule has 0 radical (unpaired) electrons. The standard InChI is InChI=1S/C31H34N6O/c1-31(2,32)30(38)34-27(19-24-20-33-26-16-10-9-15-25(24)26)29-36-35-28(18-17-22-11-5-3-6-12-22)37(29)21-23-13-7-4-8-14-23/h3-16,20,27,33H,17-19,21,32H2,1-2H3,(H,34,38). The molecule has 0 spiro atoms. The predicted molar refractivity (Wildman–Crippen MR) is 151 cm³/mol. The van der Waals surface area contributed by atoms with Crippen LogP contribution in [0.25, 0.3) is 10.9 Å². The molecule has 5 rings (SSSR count). The average Bonchev–Trinajstić information content (AvgIpc) is 3.51. The lowest BCUT2D eigenvalue weighted by Crippen LogP contribution is -2.50. The second-order valence-electron chi connectivity index (χ2n) is 10.3. The molecule has 194 valence electrons. The fourth-order valence-electron chi connectivity index (χ4n) is 4.70. The minimum absolute atomic E-state index is 0.234. The van der Waals surface area contributed by atoms with Crippen LogP contribution in [0.2, 0.25) is 0 Å². The topological polar surface area (TPSA) is 102 Å². The number of nitrogens with one attached hydrogen (secondary N) is 2. The monoisotopic (exact) mass is 506 g/mol. The van der Waals surface area contributed by atoms with Crippen LogP contribution in [0, 0.1) is 0 Å². The highest BCUT2D eigenvalue weighted by Gasteiger charge is 2.29. The fraction of sp³-hybridized carbons (Fsp3) is 0.258. The Morgan fingerprint density at radius 1 is 0.921 bits per heavy atom. The van der Waals surface area contributed by atoms with Gasteiger partial charge in [0.25, 0.3) is 0 Å². The van der Waals surface area contributed by atoms with Gasteiger partial charge in [0.05, 0.1) is 18.1 Å². The zero-order valence-electron chi connectivity index (χ0n) is 21.9. The average molecular weight is 507 g/mol. The number of aryl methyl sites for hydroxylation is 2. The number of aromatic amines is 1. The maximum Gasteiger partial charge on any atom is 0.240 e. The van der Waals surface area contributed by atoms with E-state index in [9.17, 15) is 4.79 Å². The van der Waals surface area contributed by atoms with Gasteiger partial charge in [-0.1, -0.05) is 78.9 Å². The lowest BCUT2D eigenvalue weighted by Gasteiger charge is -2.25. The van der Waals surface area contributed by atoms with Gasteiger partial charge in [-0.2, -0.15) is 0 Å². The van der Waals surface area contributed by atoms with Crippen LogP contribution in [0.4, 0.5) is 0 Å². The van der Waals surface area contributed by atoms with Gasteiger partial charge in [0.2, 0.25) is 5.91 Å². The van der Waals surface area contributed by atoms with Crippen LogP contribution < -0.4 is 11.1 Å². The Balaban J connectivity index is 1.53. The summed E-state index contributed by atoms with van der Waals surface area (Å²) in [6.07, 6.45) is 4.14. The maximum atomic E-state index is 13.1. The molecule has 0 bridgehead atoms. The Bertz CT molecular complexity index is 1500. The van der Waals surface area contributed by atoms with Gasteiger partial charge in [-0.05, 0) is 43.0 Å². The molecule has 1 unspecified atom stereocenters. The van der Waals surface area contributed by atoms with E-state index in [1.807, 2.05) is 42.6 Å². The van der Waals surface area contributed by atoms with Crippen LogP contribution >= 0.6 is 0 Å². The molecule has 4 N–H and O–H groups in total. The van der Waals surface area contributed by atoms with E-state index in [1.54, 1.807) is 13.8 Å². The van der Waals surface area contributed by atoms with Crippen LogP contribution in [0.5, 0.6) is 0 Å². The third-order valence-electron chi connectivity index (χ3n) is 6.82. The number of benzene rings is 3. The van der Waals surface area contributed by atoms with Crippen LogP contribution in [0.1, 0.15) is 48.2 Å². The molecule has 2 aromatic heterocycles. The van der Waals surface area contributed by atoms with Crippen molar-refractivity contribution < 1.29 is 4.79 Å². The number of hydrogen-bond acceptors (Lipinski definition) is 4. The predicted octanol–water partition coefficient (Wildman–Crippen LogP) is 4.73. The summed E-state index contributed by atoms with van der Waals surface area (Å²) in [6, 6.07) is 28.4. The summed E-state index contributed by atoms with van der Waals surface area (Å²) in [7, 11) is 0. The van der Waals surface area contributed by atoms with Crippen molar-refractivity contribution in [2.75, 3.05) is 0 Å². The van der Waals surface area contributed by atoms with E-state index >= 15 is 0 Å². The van der Waals surface area contributed by atoms with Gasteiger partial charge >= 0.3 is 0 Å². The number of rotatable bonds is 10. The van der Waals surface area contributed by atoms with Crippen molar-refractivity contribution in [2.45, 2.75) is 51.2 Å². The van der Waals surface area contributed by atoms with Crippen LogP contribution in [-0.2, 0) is 30.6 Å². The Labute approximate surface area is 223 Å². The van der Waals surface area contributed by atoms with Crippen LogP contribution in [0.15, 0.2) is 91.1 Å². The summed E-state index contributed by atoms with van der Waals surface area (Å²) in [5.74, 6) is 1.38. The third kappa shape index (κ3) is 5.84. The zero-order valence-corrected chi connectivity index (χ0v) is 21.9. The quantitative estimate of drug-likeness (QED) is 0.255. The molecular weight excluding hydrogens is 472 g/mol. The van der Waals surface area contributed by atoms with E-state index in [2.05, 4.69) is 73.6 Å². The summed E-state index contributed by atoms with van der Waals surface area (Å²) in [6.45, 7) is 4.04. The molecule has 38 heavy (non-hydrogen) atoms. The van der Waals surface area contributed by atoms with Crippen molar-refractivity contribution in [2.24, 2.45) is 5.73 Å². The van der Waals surface area contributed by atoms with Crippen LogP contribution in [-0.4, -0.2) is 31.2 Å². The Morgan fingerprint density at radius 2 is 1.58 bits per heavy atom. The maximum absolute atomic E-state index is 13.1. The van der Waals surface area contributed by atoms with E-state index in [4.69, 9.17) is 5.73 Å². The smallest absolute Gasteiger partial charge is 0.240 e. The fourth-order valence-corrected chi connectivity index (χ4v) is 4.70. The first kappa shape index (κ1) is 25.4. The van der Waals surface area contributed by atoms with Crippen molar-refractivity contribution in [1.29, 1.82) is 0 Å². The third-order valence-corrected chi connectivity index (χ3v) is 6.82. The molecule has 1 amide bonds. The molecule has 0 saturated carbocycles. The van der Waals surface area contributed by atoms with Crippen molar-refractivity contribution in [3.05, 3.63) is 119 Å². The molecule has 0 fully saturated rings. The van der Waals surface area contributed by atoms with E-state index in [0.29, 0.717) is 13.0 Å². The number of nitrogens with zero attached hydrogens (tertiary/aromatic N) is 3. The minimum atomic E-state index is -1.03. The van der Waals surface area contributed by atoms with Crippen molar-refractivity contribution in [3.8, 4) is 0 Å². The summed E-state index contributed by atoms with van der Waals surface area (Å²) in [5.41, 5.74) is 9.70. The first-order valence-electron chi connectivity index (χ1n) is 13.0. The lowest BCUT2D eigenvalue weighted by molar-refractivity contribution is -0.126. The highest BCUT2D eigenvalue weighted by Crippen LogP contribution is 2.26. The number of amides is 1. The van der Waals surface area contributed by atoms with E-state index < -0.39 is 11.6 Å². The molecule has 5 aromatic rings. The normalized spacial score (nSPS) is 12.5. The summed E-state index contributed by atoms with van der Waals surface area (Å²) < 4.78 is 2.15. The first-order chi connectivity index (χ1) is 18.4. The molecule has 0 aliphatic heterocycles. The first-order valence-corrected chi connectivity index (χ1v) is 13.0. The Hall–Kier alpha value is -4.23. The summed E-state index contributed by atoms with van der Waals surface area (Å²) >= 11 is 0. The number of carbonyl (C=O) groups excluding carboxylic acids is 1. The van der Waals surface area contributed by atoms with Gasteiger partial charge in [0.1, 0.15) is 5.82 Å². The SMILES string of the molecule is CC(C)(N)C(=O)NC(Cc1c[nH]c2ccccc12)c1nnc(CCc2ccccc2)n1Cc1ccccc1. The number of hydrogen-bond donors (Lipinski definition) is 3. The van der Waals surface area contributed by atoms with Gasteiger partial charge < -0.3 is 20.6 Å². The van der Waals surface area contributed by atoms with Crippen molar-refractivity contribution in [3.63, 3.8) is 0 Å². The zero-order chi connectivity index (χ0) is 26.5. The van der Waals surface area contributed by atoms with Gasteiger partial charge in [0, 0.05) is 29.9 Å². The molecule has 0 aliphatic rings. The highest BCUT2D eigenvalue weighted by molar-refractivity contribution is 5.86. The second kappa shape index (κ2) is 11.0. The summed E-state index contributed by atoms with van der Waals surface area (Å²) in [4.78, 5) is 16.5. The molecule has 2 heterocycles. The molecule has 1 atom stereocenters. The number of H-pyrrole nitrogens is 1. The number of nitrogens with two attached hydrogens (primary N) is 1. The second-order valence-corrected chi connectivity index (χ2v) is 10.3.